The highest BCUT2D eigenvalue weighted by Gasteiger charge is 2.07. The van der Waals surface area contributed by atoms with Crippen molar-refractivity contribution >= 4 is 23.7 Å². The van der Waals surface area contributed by atoms with Crippen LogP contribution in [0.1, 0.15) is 26.2 Å². The molecule has 1 rings (SSSR count). The number of hydrogen-bond acceptors (Lipinski definition) is 5. The topological polar surface area (TPSA) is 52.6 Å². The van der Waals surface area contributed by atoms with Gasteiger partial charge in [-0.2, -0.15) is 0 Å². The first kappa shape index (κ1) is 15.6. The molecule has 0 amide bonds. The SMILES string of the molecule is CCOC(=O)CCCC(=O)Oc1ccc(SC)cc1. The highest BCUT2D eigenvalue weighted by atomic mass is 32.2. The first-order valence-electron chi connectivity index (χ1n) is 6.16. The summed E-state index contributed by atoms with van der Waals surface area (Å²) in [5.74, 6) is -0.0836. The minimum absolute atomic E-state index is 0.211. The Hall–Kier alpha value is -1.49. The molecule has 4 nitrogen and oxygen atoms in total. The summed E-state index contributed by atoms with van der Waals surface area (Å²) in [5.41, 5.74) is 0. The fraction of sp³-hybridized carbons (Fsp3) is 0.429. The predicted octanol–water partition coefficient (Wildman–Crippen LogP) is 3.05. The van der Waals surface area contributed by atoms with Crippen LogP contribution < -0.4 is 4.74 Å². The highest BCUT2D eigenvalue weighted by Crippen LogP contribution is 2.19. The summed E-state index contributed by atoms with van der Waals surface area (Å²) in [4.78, 5) is 23.7. The van der Waals surface area contributed by atoms with E-state index in [0.29, 0.717) is 18.8 Å². The molecule has 0 saturated heterocycles. The summed E-state index contributed by atoms with van der Waals surface area (Å²) in [5, 5.41) is 0. The average molecular weight is 282 g/mol. The molecule has 0 heterocycles. The summed E-state index contributed by atoms with van der Waals surface area (Å²) < 4.78 is 9.93. The zero-order chi connectivity index (χ0) is 14.1. The third-order valence-corrected chi connectivity index (χ3v) is 3.10. The normalized spacial score (nSPS) is 10.0. The molecule has 0 spiro atoms. The van der Waals surface area contributed by atoms with Gasteiger partial charge in [-0.3, -0.25) is 9.59 Å². The van der Waals surface area contributed by atoms with E-state index in [1.54, 1.807) is 30.8 Å². The molecule has 0 unspecified atom stereocenters. The molecule has 19 heavy (non-hydrogen) atoms. The molecule has 0 aliphatic heterocycles. The van der Waals surface area contributed by atoms with E-state index < -0.39 is 0 Å². The van der Waals surface area contributed by atoms with Crippen molar-refractivity contribution in [2.45, 2.75) is 31.1 Å². The van der Waals surface area contributed by atoms with Crippen LogP contribution in [-0.4, -0.2) is 24.8 Å². The molecule has 0 atom stereocenters. The van der Waals surface area contributed by atoms with E-state index in [0.717, 1.165) is 4.90 Å². The molecule has 0 fully saturated rings. The van der Waals surface area contributed by atoms with E-state index in [1.165, 1.54) is 0 Å². The molecule has 104 valence electrons. The van der Waals surface area contributed by atoms with Gasteiger partial charge in [-0.15, -0.1) is 11.8 Å². The van der Waals surface area contributed by atoms with E-state index in [9.17, 15) is 9.59 Å². The minimum Gasteiger partial charge on any atom is -0.466 e. The van der Waals surface area contributed by atoms with Crippen LogP contribution in [0.25, 0.3) is 0 Å². The maximum absolute atomic E-state index is 11.5. The number of carbonyl (C=O) groups excluding carboxylic acids is 2. The second-order valence-electron chi connectivity index (χ2n) is 3.81. The van der Waals surface area contributed by atoms with Crippen molar-refractivity contribution in [1.29, 1.82) is 0 Å². The third kappa shape index (κ3) is 6.29. The maximum atomic E-state index is 11.5. The van der Waals surface area contributed by atoms with Crippen LogP contribution in [0.2, 0.25) is 0 Å². The van der Waals surface area contributed by atoms with Gasteiger partial charge in [0.05, 0.1) is 6.61 Å². The Morgan fingerprint density at radius 2 is 1.74 bits per heavy atom. The number of benzene rings is 1. The smallest absolute Gasteiger partial charge is 0.311 e. The summed E-state index contributed by atoms with van der Waals surface area (Å²) in [7, 11) is 0. The largest absolute Gasteiger partial charge is 0.466 e. The van der Waals surface area contributed by atoms with Crippen LogP contribution in [-0.2, 0) is 14.3 Å². The molecular weight excluding hydrogens is 264 g/mol. The van der Waals surface area contributed by atoms with Crippen LogP contribution in [0, 0.1) is 0 Å². The molecule has 1 aromatic carbocycles. The minimum atomic E-state index is -0.332. The van der Waals surface area contributed by atoms with Gasteiger partial charge in [-0.25, -0.2) is 0 Å². The summed E-state index contributed by atoms with van der Waals surface area (Å²) >= 11 is 1.63. The fourth-order valence-electron chi connectivity index (χ4n) is 1.44. The van der Waals surface area contributed by atoms with Crippen molar-refractivity contribution in [2.24, 2.45) is 0 Å². The van der Waals surface area contributed by atoms with E-state index in [1.807, 2.05) is 18.4 Å². The van der Waals surface area contributed by atoms with Gasteiger partial charge in [-0.05, 0) is 43.9 Å². The Morgan fingerprint density at radius 1 is 1.11 bits per heavy atom. The van der Waals surface area contributed by atoms with Crippen LogP contribution in [0.3, 0.4) is 0 Å². The quantitative estimate of drug-likeness (QED) is 0.437. The van der Waals surface area contributed by atoms with Gasteiger partial charge in [-0.1, -0.05) is 0 Å². The number of carbonyl (C=O) groups is 2. The van der Waals surface area contributed by atoms with Crippen LogP contribution in [0.4, 0.5) is 0 Å². The number of ether oxygens (including phenoxy) is 2. The molecule has 5 heteroatoms. The Balaban J connectivity index is 2.28. The molecule has 1 aromatic rings. The Morgan fingerprint density at radius 3 is 2.32 bits per heavy atom. The molecule has 0 aromatic heterocycles. The third-order valence-electron chi connectivity index (χ3n) is 2.36. The monoisotopic (exact) mass is 282 g/mol. The van der Waals surface area contributed by atoms with Crippen molar-refractivity contribution in [1.82, 2.24) is 0 Å². The summed E-state index contributed by atoms with van der Waals surface area (Å²) in [6, 6.07) is 7.31. The lowest BCUT2D eigenvalue weighted by molar-refractivity contribution is -0.143. The van der Waals surface area contributed by atoms with Crippen LogP contribution in [0.15, 0.2) is 29.2 Å². The van der Waals surface area contributed by atoms with Crippen LogP contribution >= 0.6 is 11.8 Å². The van der Waals surface area contributed by atoms with Crippen molar-refractivity contribution in [3.63, 3.8) is 0 Å². The van der Waals surface area contributed by atoms with Gasteiger partial charge in [0.15, 0.2) is 0 Å². The molecular formula is C14H18O4S. The van der Waals surface area contributed by atoms with E-state index >= 15 is 0 Å². The van der Waals surface area contributed by atoms with Crippen molar-refractivity contribution in [2.75, 3.05) is 12.9 Å². The maximum Gasteiger partial charge on any atom is 0.311 e. The van der Waals surface area contributed by atoms with Gasteiger partial charge >= 0.3 is 11.9 Å². The number of esters is 2. The van der Waals surface area contributed by atoms with Gasteiger partial charge < -0.3 is 9.47 Å². The van der Waals surface area contributed by atoms with Crippen LogP contribution in [0.5, 0.6) is 5.75 Å². The van der Waals surface area contributed by atoms with Gasteiger partial charge in [0.25, 0.3) is 0 Å². The van der Waals surface area contributed by atoms with Crippen molar-refractivity contribution in [3.8, 4) is 5.75 Å². The average Bonchev–Trinajstić information content (AvgIpc) is 2.40. The molecule has 0 N–H and O–H groups in total. The second-order valence-corrected chi connectivity index (χ2v) is 4.69. The lowest BCUT2D eigenvalue weighted by Gasteiger charge is -2.05. The van der Waals surface area contributed by atoms with Gasteiger partial charge in [0, 0.05) is 17.7 Å². The fourth-order valence-corrected chi connectivity index (χ4v) is 1.84. The highest BCUT2D eigenvalue weighted by molar-refractivity contribution is 7.98. The second kappa shape index (κ2) is 8.58. The first-order chi connectivity index (χ1) is 9.15. The molecule has 0 aliphatic carbocycles. The van der Waals surface area contributed by atoms with Gasteiger partial charge in [0.2, 0.25) is 0 Å². The Bertz CT molecular complexity index is 414. The molecule has 0 bridgehead atoms. The molecule has 0 radical (unpaired) electrons. The zero-order valence-corrected chi connectivity index (χ0v) is 12.0. The zero-order valence-electron chi connectivity index (χ0n) is 11.2. The van der Waals surface area contributed by atoms with E-state index in [4.69, 9.17) is 9.47 Å². The molecule has 0 aliphatic rings. The number of rotatable bonds is 7. The predicted molar refractivity (Wildman–Crippen MR) is 74.3 cm³/mol. The lowest BCUT2D eigenvalue weighted by atomic mass is 10.2. The Labute approximate surface area is 117 Å². The lowest BCUT2D eigenvalue weighted by Crippen LogP contribution is -2.10. The number of thioether (sulfide) groups is 1. The molecule has 0 saturated carbocycles. The Kier molecular flexibility index (Phi) is 7.03. The first-order valence-corrected chi connectivity index (χ1v) is 7.38. The van der Waals surface area contributed by atoms with Crippen molar-refractivity contribution < 1.29 is 19.1 Å². The van der Waals surface area contributed by atoms with Crippen molar-refractivity contribution in [3.05, 3.63) is 24.3 Å². The van der Waals surface area contributed by atoms with E-state index in [-0.39, 0.29) is 24.8 Å². The summed E-state index contributed by atoms with van der Waals surface area (Å²) in [6.07, 6.45) is 2.88. The number of hydrogen-bond donors (Lipinski definition) is 0. The standard InChI is InChI=1S/C14H18O4S/c1-3-17-13(15)5-4-6-14(16)18-11-7-9-12(19-2)10-8-11/h7-10H,3-6H2,1-2H3. The van der Waals surface area contributed by atoms with Gasteiger partial charge in [0.1, 0.15) is 5.75 Å². The summed E-state index contributed by atoms with van der Waals surface area (Å²) in [6.45, 7) is 2.12. The van der Waals surface area contributed by atoms with E-state index in [2.05, 4.69) is 0 Å².